The van der Waals surface area contributed by atoms with Gasteiger partial charge in [-0.25, -0.2) is 0 Å². The normalized spacial score (nSPS) is 12.1. The van der Waals surface area contributed by atoms with Crippen LogP contribution in [0, 0.1) is 0 Å². The lowest BCUT2D eigenvalue weighted by molar-refractivity contribution is -0.118. The van der Waals surface area contributed by atoms with Crippen molar-refractivity contribution in [2.75, 3.05) is 26.4 Å². The second-order valence-electron chi connectivity index (χ2n) is 6.71. The van der Waals surface area contributed by atoms with Gasteiger partial charge in [-0.05, 0) is 19.7 Å². The first-order valence-electron chi connectivity index (χ1n) is 9.12. The quantitative estimate of drug-likeness (QED) is 0.594. The van der Waals surface area contributed by atoms with Crippen molar-refractivity contribution < 1.29 is 4.79 Å². The fourth-order valence-electron chi connectivity index (χ4n) is 2.94. The molecule has 0 aliphatic heterocycles. The van der Waals surface area contributed by atoms with Gasteiger partial charge in [0.05, 0.1) is 11.8 Å². The van der Waals surface area contributed by atoms with E-state index in [2.05, 4.69) is 32.5 Å². The van der Waals surface area contributed by atoms with E-state index >= 15 is 0 Å². The SMILES string of the molecule is CN(C)[C@H](CNC(=O)CSc1nnc(-c2ccccc2)n1C)c1ccccc1. The van der Waals surface area contributed by atoms with Gasteiger partial charge in [0.15, 0.2) is 11.0 Å². The third-order valence-corrected chi connectivity index (χ3v) is 5.52. The minimum Gasteiger partial charge on any atom is -0.353 e. The van der Waals surface area contributed by atoms with E-state index in [0.717, 1.165) is 16.5 Å². The molecule has 0 aliphatic carbocycles. The molecule has 0 saturated carbocycles. The van der Waals surface area contributed by atoms with Gasteiger partial charge in [0, 0.05) is 19.2 Å². The highest BCUT2D eigenvalue weighted by Crippen LogP contribution is 2.22. The summed E-state index contributed by atoms with van der Waals surface area (Å²) in [6.07, 6.45) is 0. The van der Waals surface area contributed by atoms with Crippen molar-refractivity contribution in [2.24, 2.45) is 7.05 Å². The molecule has 0 radical (unpaired) electrons. The smallest absolute Gasteiger partial charge is 0.230 e. The predicted octanol–water partition coefficient (Wildman–Crippen LogP) is 2.99. The molecule has 0 bridgehead atoms. The molecule has 0 saturated heterocycles. The van der Waals surface area contributed by atoms with Crippen LogP contribution in [0.15, 0.2) is 65.8 Å². The number of likely N-dealkylation sites (N-methyl/N-ethyl adjacent to an activating group) is 1. The molecule has 1 atom stereocenters. The van der Waals surface area contributed by atoms with Crippen molar-refractivity contribution >= 4 is 17.7 Å². The number of thioether (sulfide) groups is 1. The van der Waals surface area contributed by atoms with Gasteiger partial charge >= 0.3 is 0 Å². The number of carbonyl (C=O) groups is 1. The summed E-state index contributed by atoms with van der Waals surface area (Å²) in [6, 6.07) is 20.2. The highest BCUT2D eigenvalue weighted by Gasteiger charge is 2.16. The van der Waals surface area contributed by atoms with Crippen molar-refractivity contribution in [3.8, 4) is 11.4 Å². The third kappa shape index (κ3) is 4.99. The predicted molar refractivity (Wildman–Crippen MR) is 113 cm³/mol. The topological polar surface area (TPSA) is 63.1 Å². The third-order valence-electron chi connectivity index (χ3n) is 4.50. The number of nitrogens with zero attached hydrogens (tertiary/aromatic N) is 4. The number of nitrogens with one attached hydrogen (secondary N) is 1. The van der Waals surface area contributed by atoms with Crippen molar-refractivity contribution in [1.82, 2.24) is 25.0 Å². The average Bonchev–Trinajstić information content (AvgIpc) is 3.08. The van der Waals surface area contributed by atoms with Crippen LogP contribution in [0.5, 0.6) is 0 Å². The largest absolute Gasteiger partial charge is 0.353 e. The van der Waals surface area contributed by atoms with Gasteiger partial charge in [0.2, 0.25) is 5.91 Å². The second kappa shape index (κ2) is 9.52. The number of hydrogen-bond acceptors (Lipinski definition) is 5. The lowest BCUT2D eigenvalue weighted by atomic mass is 10.1. The molecular formula is C21H25N5OS. The molecule has 1 amide bonds. The lowest BCUT2D eigenvalue weighted by Crippen LogP contribution is -2.35. The van der Waals surface area contributed by atoms with Crippen LogP contribution in [-0.4, -0.2) is 52.0 Å². The number of hydrogen-bond donors (Lipinski definition) is 1. The summed E-state index contributed by atoms with van der Waals surface area (Å²) in [4.78, 5) is 14.5. The number of carbonyl (C=O) groups excluding carboxylic acids is 1. The molecule has 3 rings (SSSR count). The lowest BCUT2D eigenvalue weighted by Gasteiger charge is -2.25. The van der Waals surface area contributed by atoms with Crippen LogP contribution in [0.4, 0.5) is 0 Å². The van der Waals surface area contributed by atoms with Crippen LogP contribution in [0.2, 0.25) is 0 Å². The van der Waals surface area contributed by atoms with Crippen LogP contribution in [0.25, 0.3) is 11.4 Å². The van der Waals surface area contributed by atoms with Gasteiger partial charge in [-0.1, -0.05) is 72.4 Å². The highest BCUT2D eigenvalue weighted by atomic mass is 32.2. The van der Waals surface area contributed by atoms with E-state index < -0.39 is 0 Å². The molecule has 1 N–H and O–H groups in total. The molecule has 28 heavy (non-hydrogen) atoms. The molecule has 0 unspecified atom stereocenters. The summed E-state index contributed by atoms with van der Waals surface area (Å²) >= 11 is 1.39. The van der Waals surface area contributed by atoms with E-state index in [-0.39, 0.29) is 11.9 Å². The first-order chi connectivity index (χ1) is 13.6. The zero-order valence-corrected chi connectivity index (χ0v) is 17.2. The Morgan fingerprint density at radius 3 is 2.36 bits per heavy atom. The van der Waals surface area contributed by atoms with Gasteiger partial charge in [-0.15, -0.1) is 10.2 Å². The standard InChI is InChI=1S/C21H25N5OS/c1-25(2)18(16-10-6-4-7-11-16)14-22-19(27)15-28-21-24-23-20(26(21)3)17-12-8-5-9-13-17/h4-13,18H,14-15H2,1-3H3,(H,22,27)/t18-/m1/s1. The Hall–Kier alpha value is -2.64. The van der Waals surface area contributed by atoms with Crippen LogP contribution in [0.3, 0.4) is 0 Å². The van der Waals surface area contributed by atoms with E-state index in [0.29, 0.717) is 12.3 Å². The van der Waals surface area contributed by atoms with Crippen molar-refractivity contribution in [1.29, 1.82) is 0 Å². The summed E-state index contributed by atoms with van der Waals surface area (Å²) < 4.78 is 1.92. The number of amides is 1. The summed E-state index contributed by atoms with van der Waals surface area (Å²) in [7, 11) is 5.95. The Labute approximate surface area is 170 Å². The molecule has 2 aromatic carbocycles. The highest BCUT2D eigenvalue weighted by molar-refractivity contribution is 7.99. The zero-order valence-electron chi connectivity index (χ0n) is 16.4. The first kappa shape index (κ1) is 20.1. The molecule has 0 aliphatic rings. The van der Waals surface area contributed by atoms with E-state index in [1.165, 1.54) is 17.3 Å². The summed E-state index contributed by atoms with van der Waals surface area (Å²) in [6.45, 7) is 0.560. The van der Waals surface area contributed by atoms with Crippen LogP contribution < -0.4 is 5.32 Å². The average molecular weight is 396 g/mol. The number of aromatic nitrogens is 3. The molecule has 0 fully saturated rings. The summed E-state index contributed by atoms with van der Waals surface area (Å²) in [5, 5.41) is 12.2. The van der Waals surface area contributed by atoms with Crippen molar-refractivity contribution in [3.05, 3.63) is 66.2 Å². The Kier molecular flexibility index (Phi) is 6.84. The van der Waals surface area contributed by atoms with E-state index in [1.807, 2.05) is 74.2 Å². The van der Waals surface area contributed by atoms with Crippen LogP contribution in [0.1, 0.15) is 11.6 Å². The zero-order chi connectivity index (χ0) is 19.9. The number of benzene rings is 2. The van der Waals surface area contributed by atoms with Gasteiger partial charge in [-0.3, -0.25) is 4.79 Å². The van der Waals surface area contributed by atoms with E-state index in [4.69, 9.17) is 0 Å². The number of rotatable bonds is 8. The Balaban J connectivity index is 1.55. The molecule has 146 valence electrons. The van der Waals surface area contributed by atoms with Gasteiger partial charge in [0.25, 0.3) is 0 Å². The molecule has 1 aromatic heterocycles. The Bertz CT molecular complexity index is 896. The van der Waals surface area contributed by atoms with E-state index in [1.54, 1.807) is 0 Å². The Morgan fingerprint density at radius 2 is 1.71 bits per heavy atom. The monoisotopic (exact) mass is 395 g/mol. The minimum absolute atomic E-state index is 0.0166. The fraction of sp³-hybridized carbons (Fsp3) is 0.286. The molecule has 1 heterocycles. The maximum atomic E-state index is 12.4. The maximum Gasteiger partial charge on any atom is 0.230 e. The van der Waals surface area contributed by atoms with Crippen molar-refractivity contribution in [2.45, 2.75) is 11.2 Å². The van der Waals surface area contributed by atoms with Crippen molar-refractivity contribution in [3.63, 3.8) is 0 Å². The first-order valence-corrected chi connectivity index (χ1v) is 10.1. The Morgan fingerprint density at radius 1 is 1.07 bits per heavy atom. The molecule has 0 spiro atoms. The molecule has 7 heteroatoms. The van der Waals surface area contributed by atoms with Gasteiger partial charge < -0.3 is 14.8 Å². The molecular weight excluding hydrogens is 370 g/mol. The second-order valence-corrected chi connectivity index (χ2v) is 7.66. The van der Waals surface area contributed by atoms with Crippen LogP contribution >= 0.6 is 11.8 Å². The van der Waals surface area contributed by atoms with Gasteiger partial charge in [-0.2, -0.15) is 0 Å². The molecule has 6 nitrogen and oxygen atoms in total. The molecule has 3 aromatic rings. The fourth-order valence-corrected chi connectivity index (χ4v) is 3.69. The van der Waals surface area contributed by atoms with Crippen LogP contribution in [-0.2, 0) is 11.8 Å². The minimum atomic E-state index is -0.0166. The maximum absolute atomic E-state index is 12.4. The van der Waals surface area contributed by atoms with E-state index in [9.17, 15) is 4.79 Å². The van der Waals surface area contributed by atoms with Gasteiger partial charge in [0.1, 0.15) is 0 Å². The summed E-state index contributed by atoms with van der Waals surface area (Å²) in [5.74, 6) is 1.08. The summed E-state index contributed by atoms with van der Waals surface area (Å²) in [5.41, 5.74) is 2.19.